The van der Waals surface area contributed by atoms with E-state index in [0.29, 0.717) is 10.7 Å². The molecule has 0 bridgehead atoms. The van der Waals surface area contributed by atoms with Crippen LogP contribution in [0.2, 0.25) is 5.02 Å². The largest absolute Gasteiger partial charge is 0.480 e. The molecule has 0 spiro atoms. The molecule has 0 heterocycles. The minimum absolute atomic E-state index is 0.00768. The van der Waals surface area contributed by atoms with Gasteiger partial charge < -0.3 is 5.11 Å². The molecule has 1 N–H and O–H groups in total. The molecule has 5 nitrogen and oxygen atoms in total. The van der Waals surface area contributed by atoms with Crippen LogP contribution >= 0.6 is 11.6 Å². The Morgan fingerprint density at radius 2 is 1.71 bits per heavy atom. The highest BCUT2D eigenvalue weighted by atomic mass is 35.5. The molecule has 24 heavy (non-hydrogen) atoms. The summed E-state index contributed by atoms with van der Waals surface area (Å²) in [6.45, 7) is 3.19. The lowest BCUT2D eigenvalue weighted by atomic mass is 10.0. The van der Waals surface area contributed by atoms with Crippen molar-refractivity contribution in [3.8, 4) is 0 Å². The third-order valence-corrected chi connectivity index (χ3v) is 5.53. The van der Waals surface area contributed by atoms with Crippen LogP contribution in [-0.2, 0) is 14.8 Å². The van der Waals surface area contributed by atoms with Crippen LogP contribution in [0.3, 0.4) is 0 Å². The van der Waals surface area contributed by atoms with E-state index in [-0.39, 0.29) is 10.8 Å². The van der Waals surface area contributed by atoms with Gasteiger partial charge in [-0.15, -0.1) is 0 Å². The molecule has 0 amide bonds. The first-order chi connectivity index (χ1) is 11.2. The second kappa shape index (κ2) is 7.23. The lowest BCUT2D eigenvalue weighted by Gasteiger charge is -2.26. The Bertz CT molecular complexity index is 832. The number of carboxylic acids is 1. The topological polar surface area (TPSA) is 74.7 Å². The van der Waals surface area contributed by atoms with Gasteiger partial charge in [0.15, 0.2) is 0 Å². The fraction of sp³-hybridized carbons (Fsp3) is 0.235. The number of anilines is 1. The van der Waals surface area contributed by atoms with Crippen molar-refractivity contribution < 1.29 is 18.3 Å². The Labute approximate surface area is 146 Å². The molecule has 2 aromatic carbocycles. The Kier molecular flexibility index (Phi) is 5.51. The summed E-state index contributed by atoms with van der Waals surface area (Å²) in [5.74, 6) is -1.19. The molecule has 128 valence electrons. The van der Waals surface area contributed by atoms with Gasteiger partial charge in [0.1, 0.15) is 6.54 Å². The summed E-state index contributed by atoms with van der Waals surface area (Å²) in [5, 5.41) is 9.61. The molecule has 0 saturated carbocycles. The van der Waals surface area contributed by atoms with E-state index in [1.807, 2.05) is 13.8 Å². The van der Waals surface area contributed by atoms with Crippen LogP contribution in [0.1, 0.15) is 25.3 Å². The van der Waals surface area contributed by atoms with Crippen LogP contribution in [0.4, 0.5) is 5.69 Å². The molecule has 0 saturated heterocycles. The van der Waals surface area contributed by atoms with E-state index in [2.05, 4.69) is 0 Å². The zero-order valence-corrected chi connectivity index (χ0v) is 14.9. The molecule has 0 radical (unpaired) electrons. The number of benzene rings is 2. The van der Waals surface area contributed by atoms with Gasteiger partial charge in [-0.3, -0.25) is 9.10 Å². The van der Waals surface area contributed by atoms with E-state index in [1.165, 1.54) is 24.3 Å². The van der Waals surface area contributed by atoms with Crippen molar-refractivity contribution in [3.63, 3.8) is 0 Å². The Morgan fingerprint density at radius 1 is 1.12 bits per heavy atom. The van der Waals surface area contributed by atoms with Crippen molar-refractivity contribution in [1.29, 1.82) is 0 Å². The minimum Gasteiger partial charge on any atom is -0.480 e. The molecule has 0 aromatic heterocycles. The number of carbonyl (C=O) groups is 1. The molecule has 7 heteroatoms. The van der Waals surface area contributed by atoms with Crippen molar-refractivity contribution in [2.24, 2.45) is 0 Å². The zero-order valence-electron chi connectivity index (χ0n) is 13.3. The summed E-state index contributed by atoms with van der Waals surface area (Å²) in [6.07, 6.45) is 0. The lowest BCUT2D eigenvalue weighted by Crippen LogP contribution is -2.36. The zero-order chi connectivity index (χ0) is 17.9. The Balaban J connectivity index is 2.61. The van der Waals surface area contributed by atoms with E-state index < -0.39 is 22.5 Å². The van der Waals surface area contributed by atoms with Gasteiger partial charge in [0, 0.05) is 5.02 Å². The molecular weight excluding hydrogens is 350 g/mol. The molecule has 2 aromatic rings. The maximum Gasteiger partial charge on any atom is 0.324 e. The van der Waals surface area contributed by atoms with Crippen LogP contribution in [0.25, 0.3) is 0 Å². The van der Waals surface area contributed by atoms with Gasteiger partial charge in [-0.25, -0.2) is 8.42 Å². The normalized spacial score (nSPS) is 11.5. The van der Waals surface area contributed by atoms with Crippen molar-refractivity contribution in [2.45, 2.75) is 24.7 Å². The van der Waals surface area contributed by atoms with Crippen molar-refractivity contribution in [1.82, 2.24) is 0 Å². The maximum atomic E-state index is 13.0. The number of carboxylic acid groups (broad SMARTS) is 1. The number of halogens is 1. The number of hydrogen-bond donors (Lipinski definition) is 1. The van der Waals surface area contributed by atoms with Crippen LogP contribution in [0, 0.1) is 0 Å². The SMILES string of the molecule is CC(C)c1ccccc1N(CC(=O)O)S(=O)(=O)c1ccc(Cl)cc1. The van der Waals surface area contributed by atoms with E-state index in [4.69, 9.17) is 11.6 Å². The predicted molar refractivity (Wildman–Crippen MR) is 94.2 cm³/mol. The maximum absolute atomic E-state index is 13.0. The van der Waals surface area contributed by atoms with Gasteiger partial charge >= 0.3 is 5.97 Å². The van der Waals surface area contributed by atoms with Crippen LogP contribution < -0.4 is 4.31 Å². The van der Waals surface area contributed by atoms with Gasteiger partial charge in [0.2, 0.25) is 0 Å². The average molecular weight is 368 g/mol. The van der Waals surface area contributed by atoms with Gasteiger partial charge in [-0.2, -0.15) is 0 Å². The fourth-order valence-corrected chi connectivity index (χ4v) is 3.93. The number of nitrogens with zero attached hydrogens (tertiary/aromatic N) is 1. The standard InChI is InChI=1S/C17H18ClNO4S/c1-12(2)15-5-3-4-6-16(15)19(11-17(20)21)24(22,23)14-9-7-13(18)8-10-14/h3-10,12H,11H2,1-2H3,(H,20,21). The van der Waals surface area contributed by atoms with Gasteiger partial charge in [0.25, 0.3) is 10.0 Å². The monoisotopic (exact) mass is 367 g/mol. The summed E-state index contributed by atoms with van der Waals surface area (Å²) in [5.41, 5.74) is 1.13. The summed E-state index contributed by atoms with van der Waals surface area (Å²) in [7, 11) is -4.03. The highest BCUT2D eigenvalue weighted by Gasteiger charge is 2.29. The second-order valence-corrected chi connectivity index (χ2v) is 7.87. The van der Waals surface area contributed by atoms with Crippen LogP contribution in [-0.4, -0.2) is 26.0 Å². The van der Waals surface area contributed by atoms with E-state index in [1.54, 1.807) is 24.3 Å². The summed E-state index contributed by atoms with van der Waals surface area (Å²) >= 11 is 5.81. The Morgan fingerprint density at radius 3 is 2.25 bits per heavy atom. The highest BCUT2D eigenvalue weighted by Crippen LogP contribution is 2.31. The first kappa shape index (κ1) is 18.3. The van der Waals surface area contributed by atoms with Crippen molar-refractivity contribution in [3.05, 3.63) is 59.1 Å². The quantitative estimate of drug-likeness (QED) is 0.843. The first-order valence-corrected chi connectivity index (χ1v) is 9.14. The average Bonchev–Trinajstić information content (AvgIpc) is 2.52. The minimum atomic E-state index is -4.03. The third-order valence-electron chi connectivity index (χ3n) is 3.51. The molecular formula is C17H18ClNO4S. The number of para-hydroxylation sites is 1. The first-order valence-electron chi connectivity index (χ1n) is 7.32. The van der Waals surface area contributed by atoms with Crippen LogP contribution in [0.15, 0.2) is 53.4 Å². The molecule has 0 aliphatic carbocycles. The smallest absolute Gasteiger partial charge is 0.324 e. The van der Waals surface area contributed by atoms with Crippen molar-refractivity contribution >= 4 is 33.3 Å². The Hall–Kier alpha value is -2.05. The van der Waals surface area contributed by atoms with E-state index >= 15 is 0 Å². The molecule has 2 rings (SSSR count). The molecule has 0 aliphatic heterocycles. The summed E-state index contributed by atoms with van der Waals surface area (Å²) in [6, 6.07) is 12.6. The van der Waals surface area contributed by atoms with E-state index in [0.717, 1.165) is 9.87 Å². The third kappa shape index (κ3) is 3.88. The van der Waals surface area contributed by atoms with Gasteiger partial charge in [0.05, 0.1) is 10.6 Å². The number of hydrogen-bond acceptors (Lipinski definition) is 3. The molecule has 0 unspecified atom stereocenters. The number of sulfonamides is 1. The number of aliphatic carboxylic acids is 1. The van der Waals surface area contributed by atoms with Crippen LogP contribution in [0.5, 0.6) is 0 Å². The second-order valence-electron chi connectivity index (χ2n) is 5.57. The molecule has 0 fully saturated rings. The van der Waals surface area contributed by atoms with Gasteiger partial charge in [-0.05, 0) is 41.8 Å². The number of rotatable bonds is 6. The fourth-order valence-electron chi connectivity index (χ4n) is 2.36. The molecule has 0 aliphatic rings. The lowest BCUT2D eigenvalue weighted by molar-refractivity contribution is -0.135. The highest BCUT2D eigenvalue weighted by molar-refractivity contribution is 7.92. The van der Waals surface area contributed by atoms with E-state index in [9.17, 15) is 18.3 Å². The van der Waals surface area contributed by atoms with Crippen molar-refractivity contribution in [2.75, 3.05) is 10.8 Å². The van der Waals surface area contributed by atoms with Gasteiger partial charge in [-0.1, -0.05) is 43.6 Å². The summed E-state index contributed by atoms with van der Waals surface area (Å²) in [4.78, 5) is 11.3. The molecule has 0 atom stereocenters. The predicted octanol–water partition coefficient (Wildman–Crippen LogP) is 3.74. The summed E-state index contributed by atoms with van der Waals surface area (Å²) < 4.78 is 26.9.